The molecule has 0 aliphatic carbocycles. The fraction of sp³-hybridized carbons (Fsp3) is 0.733. The summed E-state index contributed by atoms with van der Waals surface area (Å²) in [6.45, 7) is 5.70. The van der Waals surface area contributed by atoms with Crippen LogP contribution in [-0.4, -0.2) is 12.6 Å². The summed E-state index contributed by atoms with van der Waals surface area (Å²) >= 11 is 1.89. The first kappa shape index (κ1) is 14.7. The van der Waals surface area contributed by atoms with E-state index < -0.39 is 0 Å². The first-order valence-electron chi connectivity index (χ1n) is 7.12. The van der Waals surface area contributed by atoms with Crippen LogP contribution >= 0.6 is 11.3 Å². The molecule has 0 bridgehead atoms. The highest BCUT2D eigenvalue weighted by molar-refractivity contribution is 7.09. The molecule has 1 aromatic heterocycles. The Morgan fingerprint density at radius 1 is 1.18 bits per heavy atom. The molecule has 1 rings (SSSR count). The second-order valence-corrected chi connectivity index (χ2v) is 5.80. The second kappa shape index (κ2) is 9.67. The van der Waals surface area contributed by atoms with Gasteiger partial charge in [0.1, 0.15) is 0 Å². The molecule has 0 radical (unpaired) electrons. The maximum absolute atomic E-state index is 3.67. The third kappa shape index (κ3) is 6.85. The standard InChI is InChI=1S/C15H27NS/c1-3-8-14(16-12-4-2)9-5-6-10-15-11-7-13-17-15/h7,11,13-14,16H,3-6,8-10,12H2,1-2H3. The molecule has 0 saturated heterocycles. The number of aryl methyl sites for hydroxylation is 1. The molecule has 0 fully saturated rings. The predicted octanol–water partition coefficient (Wildman–Crippen LogP) is 4.63. The molecule has 1 nitrogen and oxygen atoms in total. The number of unbranched alkanes of at least 4 members (excludes halogenated alkanes) is 1. The van der Waals surface area contributed by atoms with Crippen molar-refractivity contribution in [1.29, 1.82) is 0 Å². The topological polar surface area (TPSA) is 12.0 Å². The SMILES string of the molecule is CCCNC(CCC)CCCCc1cccs1. The van der Waals surface area contributed by atoms with Crippen LogP contribution in [0.4, 0.5) is 0 Å². The van der Waals surface area contributed by atoms with Gasteiger partial charge in [0.15, 0.2) is 0 Å². The zero-order valence-corrected chi connectivity index (χ0v) is 12.2. The van der Waals surface area contributed by atoms with Crippen LogP contribution < -0.4 is 5.32 Å². The minimum Gasteiger partial charge on any atom is -0.314 e. The van der Waals surface area contributed by atoms with Crippen molar-refractivity contribution in [1.82, 2.24) is 5.32 Å². The van der Waals surface area contributed by atoms with E-state index in [9.17, 15) is 0 Å². The molecule has 1 N–H and O–H groups in total. The Balaban J connectivity index is 2.08. The summed E-state index contributed by atoms with van der Waals surface area (Å²) in [5.41, 5.74) is 0. The van der Waals surface area contributed by atoms with Crippen LogP contribution in [0.15, 0.2) is 17.5 Å². The zero-order chi connectivity index (χ0) is 12.3. The van der Waals surface area contributed by atoms with E-state index in [-0.39, 0.29) is 0 Å². The quantitative estimate of drug-likeness (QED) is 0.600. The van der Waals surface area contributed by atoms with Gasteiger partial charge in [0.25, 0.3) is 0 Å². The van der Waals surface area contributed by atoms with Crippen molar-refractivity contribution in [3.63, 3.8) is 0 Å². The molecule has 0 saturated carbocycles. The Morgan fingerprint density at radius 3 is 2.71 bits per heavy atom. The number of hydrogen-bond donors (Lipinski definition) is 1. The maximum Gasteiger partial charge on any atom is 0.00669 e. The first-order valence-corrected chi connectivity index (χ1v) is 8.00. The molecule has 1 atom stereocenters. The van der Waals surface area contributed by atoms with Crippen molar-refractivity contribution in [2.24, 2.45) is 0 Å². The van der Waals surface area contributed by atoms with Crippen LogP contribution in [-0.2, 0) is 6.42 Å². The van der Waals surface area contributed by atoms with E-state index in [4.69, 9.17) is 0 Å². The normalized spacial score (nSPS) is 12.8. The second-order valence-electron chi connectivity index (χ2n) is 4.76. The van der Waals surface area contributed by atoms with E-state index in [1.165, 1.54) is 51.5 Å². The third-order valence-corrected chi connectivity index (χ3v) is 4.06. The van der Waals surface area contributed by atoms with Gasteiger partial charge in [0, 0.05) is 10.9 Å². The average Bonchev–Trinajstić information content (AvgIpc) is 2.84. The van der Waals surface area contributed by atoms with Crippen LogP contribution in [0.2, 0.25) is 0 Å². The van der Waals surface area contributed by atoms with Gasteiger partial charge in [-0.25, -0.2) is 0 Å². The highest BCUT2D eigenvalue weighted by Gasteiger charge is 2.05. The summed E-state index contributed by atoms with van der Waals surface area (Å²) in [7, 11) is 0. The molecule has 17 heavy (non-hydrogen) atoms. The van der Waals surface area contributed by atoms with Crippen LogP contribution in [0.1, 0.15) is 57.2 Å². The van der Waals surface area contributed by atoms with E-state index in [0.717, 1.165) is 6.04 Å². The fourth-order valence-electron chi connectivity index (χ4n) is 2.19. The molecule has 2 heteroatoms. The van der Waals surface area contributed by atoms with Gasteiger partial charge in [0.05, 0.1) is 0 Å². The van der Waals surface area contributed by atoms with E-state index in [1.54, 1.807) is 4.88 Å². The molecule has 0 aliphatic rings. The van der Waals surface area contributed by atoms with Crippen molar-refractivity contribution in [2.45, 2.75) is 64.8 Å². The summed E-state index contributed by atoms with van der Waals surface area (Å²) in [6, 6.07) is 5.16. The van der Waals surface area contributed by atoms with Gasteiger partial charge in [-0.15, -0.1) is 11.3 Å². The lowest BCUT2D eigenvalue weighted by atomic mass is 10.0. The summed E-state index contributed by atoms with van der Waals surface area (Å²) in [4.78, 5) is 1.54. The van der Waals surface area contributed by atoms with Crippen LogP contribution in [0, 0.1) is 0 Å². The van der Waals surface area contributed by atoms with Crippen LogP contribution in [0.5, 0.6) is 0 Å². The smallest absolute Gasteiger partial charge is 0.00669 e. The Labute approximate surface area is 111 Å². The number of nitrogens with one attached hydrogen (secondary N) is 1. The largest absolute Gasteiger partial charge is 0.314 e. The monoisotopic (exact) mass is 253 g/mol. The summed E-state index contributed by atoms with van der Waals surface area (Å²) < 4.78 is 0. The average molecular weight is 253 g/mol. The van der Waals surface area contributed by atoms with Crippen molar-refractivity contribution in [3.8, 4) is 0 Å². The Hall–Kier alpha value is -0.340. The van der Waals surface area contributed by atoms with Gasteiger partial charge >= 0.3 is 0 Å². The highest BCUT2D eigenvalue weighted by atomic mass is 32.1. The lowest BCUT2D eigenvalue weighted by Crippen LogP contribution is -2.29. The fourth-order valence-corrected chi connectivity index (χ4v) is 2.94. The Bertz CT molecular complexity index is 256. The molecule has 0 aliphatic heterocycles. The molecule has 0 aromatic carbocycles. The molecule has 1 heterocycles. The lowest BCUT2D eigenvalue weighted by molar-refractivity contribution is 0.432. The van der Waals surface area contributed by atoms with Gasteiger partial charge in [-0.3, -0.25) is 0 Å². The summed E-state index contributed by atoms with van der Waals surface area (Å²) in [5.74, 6) is 0. The van der Waals surface area contributed by atoms with E-state index >= 15 is 0 Å². The Kier molecular flexibility index (Phi) is 8.37. The summed E-state index contributed by atoms with van der Waals surface area (Å²) in [6.07, 6.45) is 9.19. The highest BCUT2D eigenvalue weighted by Crippen LogP contribution is 2.14. The molecular formula is C15H27NS. The molecule has 0 amide bonds. The summed E-state index contributed by atoms with van der Waals surface area (Å²) in [5, 5.41) is 5.85. The Morgan fingerprint density at radius 2 is 2.06 bits per heavy atom. The molecule has 98 valence electrons. The van der Waals surface area contributed by atoms with Crippen molar-refractivity contribution >= 4 is 11.3 Å². The molecule has 0 spiro atoms. The van der Waals surface area contributed by atoms with Crippen LogP contribution in [0.3, 0.4) is 0 Å². The van der Waals surface area contributed by atoms with Crippen molar-refractivity contribution in [3.05, 3.63) is 22.4 Å². The van der Waals surface area contributed by atoms with Gasteiger partial charge in [-0.05, 0) is 50.1 Å². The maximum atomic E-state index is 3.67. The minimum absolute atomic E-state index is 0.753. The van der Waals surface area contributed by atoms with Gasteiger partial charge in [-0.2, -0.15) is 0 Å². The molecular weight excluding hydrogens is 226 g/mol. The van der Waals surface area contributed by atoms with E-state index in [0.29, 0.717) is 0 Å². The lowest BCUT2D eigenvalue weighted by Gasteiger charge is -2.17. The van der Waals surface area contributed by atoms with Gasteiger partial charge in [-0.1, -0.05) is 32.8 Å². The van der Waals surface area contributed by atoms with Gasteiger partial charge < -0.3 is 5.32 Å². The number of hydrogen-bond acceptors (Lipinski definition) is 2. The number of rotatable bonds is 10. The predicted molar refractivity (Wildman–Crippen MR) is 78.9 cm³/mol. The van der Waals surface area contributed by atoms with Crippen molar-refractivity contribution < 1.29 is 0 Å². The minimum atomic E-state index is 0.753. The molecule has 1 aromatic rings. The van der Waals surface area contributed by atoms with Gasteiger partial charge in [0.2, 0.25) is 0 Å². The number of thiophene rings is 1. The molecule has 1 unspecified atom stereocenters. The zero-order valence-electron chi connectivity index (χ0n) is 11.4. The van der Waals surface area contributed by atoms with Crippen molar-refractivity contribution in [2.75, 3.05) is 6.54 Å². The first-order chi connectivity index (χ1) is 8.36. The third-order valence-electron chi connectivity index (χ3n) is 3.13. The van der Waals surface area contributed by atoms with E-state index in [1.807, 2.05) is 11.3 Å². The van der Waals surface area contributed by atoms with Crippen LogP contribution in [0.25, 0.3) is 0 Å². The van der Waals surface area contributed by atoms with E-state index in [2.05, 4.69) is 36.7 Å².